The summed E-state index contributed by atoms with van der Waals surface area (Å²) in [6.45, 7) is 4.46. The standard InChI is InChI=1S/C13H15FN4OS/c1-8(12-16-6-9(2)20-12)5-17-13(19)18-11-4-3-10(14)7-15-11/h3-4,6-8H,5H2,1-2H3,(H2,15,17,18,19). The Morgan fingerprint density at radius 3 is 2.80 bits per heavy atom. The number of nitrogens with zero attached hydrogens (tertiary/aromatic N) is 2. The van der Waals surface area contributed by atoms with Crippen molar-refractivity contribution in [3.05, 3.63) is 40.2 Å². The fraction of sp³-hybridized carbons (Fsp3) is 0.308. The first-order chi connectivity index (χ1) is 9.54. The molecule has 106 valence electrons. The Kier molecular flexibility index (Phi) is 4.62. The molecule has 20 heavy (non-hydrogen) atoms. The number of urea groups is 1. The maximum absolute atomic E-state index is 12.7. The molecule has 0 fully saturated rings. The lowest BCUT2D eigenvalue weighted by Gasteiger charge is -2.10. The highest BCUT2D eigenvalue weighted by molar-refractivity contribution is 7.11. The van der Waals surface area contributed by atoms with Crippen LogP contribution in [0.4, 0.5) is 15.0 Å². The number of pyridine rings is 1. The minimum atomic E-state index is -0.441. The van der Waals surface area contributed by atoms with Crippen LogP contribution in [-0.2, 0) is 0 Å². The first-order valence-electron chi connectivity index (χ1n) is 6.13. The van der Waals surface area contributed by atoms with E-state index >= 15 is 0 Å². The van der Waals surface area contributed by atoms with Crippen LogP contribution >= 0.6 is 11.3 Å². The van der Waals surface area contributed by atoms with Crippen LogP contribution in [-0.4, -0.2) is 22.5 Å². The summed E-state index contributed by atoms with van der Waals surface area (Å²) in [5, 5.41) is 6.26. The predicted octanol–water partition coefficient (Wildman–Crippen LogP) is 2.91. The van der Waals surface area contributed by atoms with Gasteiger partial charge in [0.05, 0.1) is 11.2 Å². The third-order valence-electron chi connectivity index (χ3n) is 2.60. The third kappa shape index (κ3) is 3.99. The zero-order valence-corrected chi connectivity index (χ0v) is 12.0. The van der Waals surface area contributed by atoms with Crippen molar-refractivity contribution in [3.63, 3.8) is 0 Å². The van der Waals surface area contributed by atoms with Crippen LogP contribution in [0.15, 0.2) is 24.5 Å². The van der Waals surface area contributed by atoms with Gasteiger partial charge in [0, 0.05) is 23.5 Å². The van der Waals surface area contributed by atoms with Gasteiger partial charge in [-0.2, -0.15) is 0 Å². The van der Waals surface area contributed by atoms with E-state index in [0.717, 1.165) is 16.1 Å². The summed E-state index contributed by atoms with van der Waals surface area (Å²) in [6, 6.07) is 2.27. The smallest absolute Gasteiger partial charge is 0.320 e. The number of amides is 2. The summed E-state index contributed by atoms with van der Waals surface area (Å²) < 4.78 is 12.7. The zero-order chi connectivity index (χ0) is 14.5. The SMILES string of the molecule is Cc1cnc(C(C)CNC(=O)Nc2ccc(F)cn2)s1. The van der Waals surface area contributed by atoms with E-state index in [-0.39, 0.29) is 11.9 Å². The Hall–Kier alpha value is -2.02. The molecule has 7 heteroatoms. The summed E-state index contributed by atoms with van der Waals surface area (Å²) in [6.07, 6.45) is 2.87. The lowest BCUT2D eigenvalue weighted by atomic mass is 10.2. The fourth-order valence-electron chi connectivity index (χ4n) is 1.54. The quantitative estimate of drug-likeness (QED) is 0.911. The molecule has 0 aliphatic carbocycles. The second-order valence-corrected chi connectivity index (χ2v) is 5.67. The predicted molar refractivity (Wildman–Crippen MR) is 76.5 cm³/mol. The second kappa shape index (κ2) is 6.42. The van der Waals surface area contributed by atoms with Gasteiger partial charge in [0.2, 0.25) is 0 Å². The molecule has 2 aromatic heterocycles. The largest absolute Gasteiger partial charge is 0.337 e. The lowest BCUT2D eigenvalue weighted by molar-refractivity contribution is 0.251. The molecule has 0 aliphatic heterocycles. The van der Waals surface area contributed by atoms with Gasteiger partial charge in [-0.05, 0) is 19.1 Å². The molecule has 0 aliphatic rings. The van der Waals surface area contributed by atoms with E-state index < -0.39 is 5.82 Å². The summed E-state index contributed by atoms with van der Waals surface area (Å²) in [4.78, 5) is 20.8. The van der Waals surface area contributed by atoms with Gasteiger partial charge in [0.25, 0.3) is 0 Å². The van der Waals surface area contributed by atoms with Crippen LogP contribution in [0.5, 0.6) is 0 Å². The van der Waals surface area contributed by atoms with Crippen molar-refractivity contribution in [2.24, 2.45) is 0 Å². The van der Waals surface area contributed by atoms with Crippen molar-refractivity contribution >= 4 is 23.2 Å². The Morgan fingerprint density at radius 2 is 2.20 bits per heavy atom. The van der Waals surface area contributed by atoms with Crippen molar-refractivity contribution < 1.29 is 9.18 Å². The lowest BCUT2D eigenvalue weighted by Crippen LogP contribution is -2.32. The fourth-order valence-corrected chi connectivity index (χ4v) is 2.37. The van der Waals surface area contributed by atoms with E-state index in [4.69, 9.17) is 0 Å². The summed E-state index contributed by atoms with van der Waals surface area (Å²) in [5.41, 5.74) is 0. The van der Waals surface area contributed by atoms with Gasteiger partial charge in [-0.3, -0.25) is 5.32 Å². The van der Waals surface area contributed by atoms with Gasteiger partial charge in [-0.25, -0.2) is 19.2 Å². The number of carbonyl (C=O) groups is 1. The van der Waals surface area contributed by atoms with E-state index in [9.17, 15) is 9.18 Å². The highest BCUT2D eigenvalue weighted by Crippen LogP contribution is 2.20. The molecule has 0 bridgehead atoms. The Bertz CT molecular complexity index is 584. The first kappa shape index (κ1) is 14.4. The maximum atomic E-state index is 12.7. The molecule has 1 unspecified atom stereocenters. The molecule has 0 radical (unpaired) electrons. The molecule has 0 spiro atoms. The van der Waals surface area contributed by atoms with Gasteiger partial charge in [-0.15, -0.1) is 11.3 Å². The van der Waals surface area contributed by atoms with Gasteiger partial charge in [-0.1, -0.05) is 6.92 Å². The molecule has 2 rings (SSSR count). The molecule has 2 heterocycles. The molecular weight excluding hydrogens is 279 g/mol. The molecule has 0 saturated heterocycles. The Labute approximate surface area is 120 Å². The molecule has 2 amide bonds. The number of halogens is 1. The van der Waals surface area contributed by atoms with E-state index in [1.165, 1.54) is 12.1 Å². The number of carbonyl (C=O) groups excluding carboxylic acids is 1. The minimum absolute atomic E-state index is 0.139. The third-order valence-corrected chi connectivity index (χ3v) is 3.74. The monoisotopic (exact) mass is 294 g/mol. The van der Waals surface area contributed by atoms with Crippen LogP contribution in [0.1, 0.15) is 22.7 Å². The van der Waals surface area contributed by atoms with Crippen LogP contribution in [0.25, 0.3) is 0 Å². The zero-order valence-electron chi connectivity index (χ0n) is 11.2. The van der Waals surface area contributed by atoms with Crippen LogP contribution in [0, 0.1) is 12.7 Å². The number of hydrogen-bond acceptors (Lipinski definition) is 4. The number of aryl methyl sites for hydroxylation is 1. The number of nitrogens with one attached hydrogen (secondary N) is 2. The number of aromatic nitrogens is 2. The number of rotatable bonds is 4. The molecule has 2 N–H and O–H groups in total. The average molecular weight is 294 g/mol. The van der Waals surface area contributed by atoms with E-state index in [2.05, 4.69) is 20.6 Å². The van der Waals surface area contributed by atoms with Gasteiger partial charge < -0.3 is 5.32 Å². The highest BCUT2D eigenvalue weighted by atomic mass is 32.1. The van der Waals surface area contributed by atoms with Crippen LogP contribution in [0.3, 0.4) is 0 Å². The number of hydrogen-bond donors (Lipinski definition) is 2. The van der Waals surface area contributed by atoms with Crippen LogP contribution in [0.2, 0.25) is 0 Å². The van der Waals surface area contributed by atoms with E-state index in [0.29, 0.717) is 12.4 Å². The van der Waals surface area contributed by atoms with Gasteiger partial charge >= 0.3 is 6.03 Å². The summed E-state index contributed by atoms with van der Waals surface area (Å²) in [7, 11) is 0. The molecule has 0 aromatic carbocycles. The van der Waals surface area contributed by atoms with Crippen LogP contribution < -0.4 is 10.6 Å². The summed E-state index contributed by atoms with van der Waals surface area (Å²) >= 11 is 1.62. The molecule has 2 aromatic rings. The Morgan fingerprint density at radius 1 is 1.40 bits per heavy atom. The average Bonchev–Trinajstić information content (AvgIpc) is 2.85. The second-order valence-electron chi connectivity index (χ2n) is 4.41. The van der Waals surface area contributed by atoms with E-state index in [1.54, 1.807) is 11.3 Å². The number of thiazole rings is 1. The molecule has 1 atom stereocenters. The van der Waals surface area contributed by atoms with Gasteiger partial charge in [0.1, 0.15) is 11.6 Å². The molecule has 0 saturated carbocycles. The minimum Gasteiger partial charge on any atom is -0.337 e. The highest BCUT2D eigenvalue weighted by Gasteiger charge is 2.11. The number of anilines is 1. The first-order valence-corrected chi connectivity index (χ1v) is 6.95. The Balaban J connectivity index is 1.81. The van der Waals surface area contributed by atoms with Crippen molar-refractivity contribution in [1.29, 1.82) is 0 Å². The normalized spacial score (nSPS) is 11.9. The topological polar surface area (TPSA) is 66.9 Å². The van der Waals surface area contributed by atoms with Crippen molar-refractivity contribution in [2.45, 2.75) is 19.8 Å². The molecule has 5 nitrogen and oxygen atoms in total. The van der Waals surface area contributed by atoms with Crippen molar-refractivity contribution in [2.75, 3.05) is 11.9 Å². The van der Waals surface area contributed by atoms with Crippen molar-refractivity contribution in [3.8, 4) is 0 Å². The van der Waals surface area contributed by atoms with Crippen molar-refractivity contribution in [1.82, 2.24) is 15.3 Å². The summed E-state index contributed by atoms with van der Waals surface area (Å²) in [5.74, 6) is 0.00555. The van der Waals surface area contributed by atoms with E-state index in [1.807, 2.05) is 20.0 Å². The maximum Gasteiger partial charge on any atom is 0.320 e. The molecular formula is C13H15FN4OS. The van der Waals surface area contributed by atoms with Gasteiger partial charge in [0.15, 0.2) is 0 Å².